The summed E-state index contributed by atoms with van der Waals surface area (Å²) in [6.45, 7) is 0. The van der Waals surface area contributed by atoms with Crippen LogP contribution in [0.5, 0.6) is 5.75 Å². The van der Waals surface area contributed by atoms with Crippen molar-refractivity contribution in [3.05, 3.63) is 69.9 Å². The van der Waals surface area contributed by atoms with Gasteiger partial charge in [-0.2, -0.15) is 0 Å². The van der Waals surface area contributed by atoms with Gasteiger partial charge in [0, 0.05) is 6.07 Å². The zero-order chi connectivity index (χ0) is 17.3. The van der Waals surface area contributed by atoms with E-state index in [2.05, 4.69) is 5.32 Å². The Bertz CT molecular complexity index is 877. The topological polar surface area (TPSA) is 116 Å². The quantitative estimate of drug-likeness (QED) is 0.400. The fourth-order valence-electron chi connectivity index (χ4n) is 2.28. The van der Waals surface area contributed by atoms with Gasteiger partial charge < -0.3 is 10.4 Å². The van der Waals surface area contributed by atoms with E-state index in [0.717, 1.165) is 17.0 Å². The summed E-state index contributed by atoms with van der Waals surface area (Å²) < 4.78 is 0. The van der Waals surface area contributed by atoms with Crippen LogP contribution >= 0.6 is 0 Å². The molecule has 1 aliphatic rings. The number of carbonyl (C=O) groups excluding carboxylic acids is 2. The number of nitrogens with one attached hydrogen (secondary N) is 1. The van der Waals surface area contributed by atoms with Crippen LogP contribution in [0.1, 0.15) is 5.56 Å². The Morgan fingerprint density at radius 2 is 1.79 bits per heavy atom. The lowest BCUT2D eigenvalue weighted by Gasteiger charge is -2.10. The maximum Gasteiger partial charge on any atom is 0.333 e. The van der Waals surface area contributed by atoms with Gasteiger partial charge >= 0.3 is 6.03 Å². The molecule has 0 aromatic heterocycles. The number of urea groups is 1. The first kappa shape index (κ1) is 15.2. The van der Waals surface area contributed by atoms with Crippen molar-refractivity contribution in [3.63, 3.8) is 0 Å². The van der Waals surface area contributed by atoms with Crippen molar-refractivity contribution in [1.29, 1.82) is 0 Å². The molecule has 0 bridgehead atoms. The molecule has 120 valence electrons. The highest BCUT2D eigenvalue weighted by Gasteiger charge is 2.34. The summed E-state index contributed by atoms with van der Waals surface area (Å²) in [6.07, 6.45) is 1.29. The zero-order valence-electron chi connectivity index (χ0n) is 12.1. The van der Waals surface area contributed by atoms with E-state index in [0.29, 0.717) is 5.69 Å². The summed E-state index contributed by atoms with van der Waals surface area (Å²) in [5.74, 6) is -1.31. The molecule has 0 aliphatic carbocycles. The molecule has 1 fully saturated rings. The summed E-state index contributed by atoms with van der Waals surface area (Å²) in [4.78, 5) is 35.4. The van der Waals surface area contributed by atoms with Gasteiger partial charge in [0.15, 0.2) is 0 Å². The Morgan fingerprint density at radius 1 is 1.08 bits per heavy atom. The van der Waals surface area contributed by atoms with Gasteiger partial charge in [0.2, 0.25) is 0 Å². The lowest BCUT2D eigenvalue weighted by Crippen LogP contribution is -2.30. The number of imide groups is 1. The Hall–Kier alpha value is -3.68. The predicted molar refractivity (Wildman–Crippen MR) is 83.0 cm³/mol. The normalized spacial score (nSPS) is 15.7. The highest BCUT2D eigenvalue weighted by molar-refractivity contribution is 6.28. The third-order valence-electron chi connectivity index (χ3n) is 3.38. The van der Waals surface area contributed by atoms with E-state index in [-0.39, 0.29) is 11.3 Å². The molecule has 1 aliphatic heterocycles. The van der Waals surface area contributed by atoms with Crippen LogP contribution in [0.3, 0.4) is 0 Å². The van der Waals surface area contributed by atoms with E-state index in [9.17, 15) is 24.8 Å². The maximum absolute atomic E-state index is 12.4. The number of nitro groups is 1. The van der Waals surface area contributed by atoms with Crippen LogP contribution in [0.15, 0.2) is 54.2 Å². The van der Waals surface area contributed by atoms with Crippen LogP contribution in [0, 0.1) is 10.1 Å². The van der Waals surface area contributed by atoms with Crippen molar-refractivity contribution in [2.24, 2.45) is 0 Å². The fraction of sp³-hybridized carbons (Fsp3) is 0. The number of hydrogen-bond donors (Lipinski definition) is 1. The second-order valence-electron chi connectivity index (χ2n) is 4.95. The first-order chi connectivity index (χ1) is 11.5. The molecule has 3 amide bonds. The number of nitrogens with zero attached hydrogens (tertiary/aromatic N) is 2. The van der Waals surface area contributed by atoms with Crippen molar-refractivity contribution in [3.8, 4) is 5.75 Å². The molecule has 1 saturated heterocycles. The smallest absolute Gasteiger partial charge is 0.333 e. The minimum atomic E-state index is -0.796. The van der Waals surface area contributed by atoms with E-state index < -0.39 is 28.3 Å². The van der Waals surface area contributed by atoms with Crippen LogP contribution in [0.25, 0.3) is 6.08 Å². The molecule has 0 saturated carbocycles. The van der Waals surface area contributed by atoms with Crippen molar-refractivity contribution in [2.75, 3.05) is 4.90 Å². The Morgan fingerprint density at radius 3 is 2.46 bits per heavy atom. The molecule has 1 heterocycles. The number of amides is 3. The largest absolute Gasteiger partial charge is 0.868 e. The van der Waals surface area contributed by atoms with Gasteiger partial charge in [0.05, 0.1) is 10.6 Å². The van der Waals surface area contributed by atoms with E-state index >= 15 is 0 Å². The second kappa shape index (κ2) is 5.84. The zero-order valence-corrected chi connectivity index (χ0v) is 12.1. The molecular weight excluding hydrogens is 314 g/mol. The van der Waals surface area contributed by atoms with Crippen LogP contribution in [0.4, 0.5) is 16.2 Å². The maximum atomic E-state index is 12.4. The summed E-state index contributed by atoms with van der Waals surface area (Å²) in [6, 6.07) is 11.2. The van der Waals surface area contributed by atoms with Gasteiger partial charge in [-0.15, -0.1) is 0 Å². The van der Waals surface area contributed by atoms with E-state index in [1.54, 1.807) is 30.3 Å². The molecule has 0 spiro atoms. The molecule has 2 aromatic carbocycles. The minimum Gasteiger partial charge on any atom is -0.868 e. The molecule has 0 unspecified atom stereocenters. The van der Waals surface area contributed by atoms with Crippen LogP contribution < -0.4 is 15.3 Å². The van der Waals surface area contributed by atoms with Gasteiger partial charge in [-0.05, 0) is 29.5 Å². The third kappa shape index (κ3) is 2.68. The van der Waals surface area contributed by atoms with E-state index in [4.69, 9.17) is 0 Å². The average molecular weight is 324 g/mol. The molecule has 0 atom stereocenters. The van der Waals surface area contributed by atoms with Gasteiger partial charge in [0.25, 0.3) is 11.6 Å². The van der Waals surface area contributed by atoms with Crippen LogP contribution in [-0.2, 0) is 4.79 Å². The third-order valence-corrected chi connectivity index (χ3v) is 3.38. The molecule has 24 heavy (non-hydrogen) atoms. The first-order valence-electron chi connectivity index (χ1n) is 6.85. The van der Waals surface area contributed by atoms with Crippen molar-refractivity contribution < 1.29 is 19.6 Å². The number of rotatable bonds is 3. The van der Waals surface area contributed by atoms with Gasteiger partial charge in [-0.25, -0.2) is 9.69 Å². The van der Waals surface area contributed by atoms with Gasteiger partial charge in [-0.1, -0.05) is 30.3 Å². The molecule has 3 rings (SSSR count). The number of anilines is 1. The van der Waals surface area contributed by atoms with Crippen molar-refractivity contribution in [2.45, 2.75) is 0 Å². The molecular formula is C16H10N3O5-. The Labute approximate surface area is 135 Å². The molecule has 8 nitrogen and oxygen atoms in total. The summed E-state index contributed by atoms with van der Waals surface area (Å²) in [7, 11) is 0. The minimum absolute atomic E-state index is 0.0307. The first-order valence-corrected chi connectivity index (χ1v) is 6.85. The molecule has 8 heteroatoms. The number of nitro benzene ring substituents is 1. The molecule has 1 N–H and O–H groups in total. The standard InChI is InChI=1S/C16H11N3O5/c20-14-7-6-10(9-13(14)19(23)24)8-12-15(21)18(16(22)17-12)11-4-2-1-3-5-11/h1-9,20H,(H,17,22)/p-1/b12-8-. The van der Waals surface area contributed by atoms with E-state index in [1.807, 2.05) is 0 Å². The Balaban J connectivity index is 1.95. The predicted octanol–water partition coefficient (Wildman–Crippen LogP) is 1.77. The summed E-state index contributed by atoms with van der Waals surface area (Å²) in [5, 5.41) is 24.6. The van der Waals surface area contributed by atoms with Crippen LogP contribution in [0.2, 0.25) is 0 Å². The average Bonchev–Trinajstić information content (AvgIpc) is 2.83. The van der Waals surface area contributed by atoms with Crippen LogP contribution in [-0.4, -0.2) is 16.9 Å². The summed E-state index contributed by atoms with van der Waals surface area (Å²) in [5.41, 5.74) is 0.0435. The molecule has 2 aromatic rings. The lowest BCUT2D eigenvalue weighted by molar-refractivity contribution is -0.398. The highest BCUT2D eigenvalue weighted by atomic mass is 16.6. The molecule has 0 radical (unpaired) electrons. The number of para-hydroxylation sites is 1. The number of carbonyl (C=O) groups is 2. The highest BCUT2D eigenvalue weighted by Crippen LogP contribution is 2.26. The fourth-order valence-corrected chi connectivity index (χ4v) is 2.28. The monoisotopic (exact) mass is 324 g/mol. The van der Waals surface area contributed by atoms with Crippen molar-refractivity contribution >= 4 is 29.4 Å². The SMILES string of the molecule is O=C1N/C(=C\c2ccc([O-])c([N+](=O)[O-])c2)C(=O)N1c1ccccc1. The lowest BCUT2D eigenvalue weighted by atomic mass is 10.1. The Kier molecular flexibility index (Phi) is 3.70. The van der Waals surface area contributed by atoms with Gasteiger partial charge in [-0.3, -0.25) is 14.9 Å². The van der Waals surface area contributed by atoms with E-state index in [1.165, 1.54) is 12.1 Å². The number of benzene rings is 2. The second-order valence-corrected chi connectivity index (χ2v) is 4.95. The summed E-state index contributed by atoms with van der Waals surface area (Å²) >= 11 is 0. The number of hydrogen-bond acceptors (Lipinski definition) is 5. The van der Waals surface area contributed by atoms with Gasteiger partial charge in [0.1, 0.15) is 5.70 Å². The van der Waals surface area contributed by atoms with Crippen molar-refractivity contribution in [1.82, 2.24) is 5.32 Å².